The zero-order chi connectivity index (χ0) is 18.6. The predicted octanol–water partition coefficient (Wildman–Crippen LogP) is 3.05. The summed E-state index contributed by atoms with van der Waals surface area (Å²) in [5, 5.41) is 11.6. The Morgan fingerprint density at radius 2 is 1.96 bits per heavy atom. The smallest absolute Gasteiger partial charge is 0.422 e. The van der Waals surface area contributed by atoms with Gasteiger partial charge in [0.25, 0.3) is 0 Å². The third-order valence-corrected chi connectivity index (χ3v) is 4.22. The van der Waals surface area contributed by atoms with E-state index in [0.29, 0.717) is 18.4 Å². The minimum atomic E-state index is -4.44. The number of amides is 1. The van der Waals surface area contributed by atoms with Gasteiger partial charge in [-0.3, -0.25) is 9.59 Å². The van der Waals surface area contributed by atoms with Crippen molar-refractivity contribution in [3.8, 4) is 5.75 Å². The highest BCUT2D eigenvalue weighted by Crippen LogP contribution is 2.31. The van der Waals surface area contributed by atoms with E-state index in [-0.39, 0.29) is 30.5 Å². The van der Waals surface area contributed by atoms with Gasteiger partial charge in [0.05, 0.1) is 5.92 Å². The van der Waals surface area contributed by atoms with Crippen LogP contribution in [0.3, 0.4) is 0 Å². The number of benzene rings is 1. The lowest BCUT2D eigenvalue weighted by molar-refractivity contribution is -0.153. The summed E-state index contributed by atoms with van der Waals surface area (Å²) in [5.74, 6) is -2.01. The van der Waals surface area contributed by atoms with Crippen LogP contribution in [0.1, 0.15) is 30.4 Å². The average molecular weight is 359 g/mol. The minimum absolute atomic E-state index is 0.0283. The molecule has 5 nitrogen and oxygen atoms in total. The molecule has 1 fully saturated rings. The van der Waals surface area contributed by atoms with Crippen LogP contribution in [0, 0.1) is 18.8 Å². The van der Waals surface area contributed by atoms with Crippen LogP contribution in [0.5, 0.6) is 5.75 Å². The van der Waals surface area contributed by atoms with E-state index in [1.165, 1.54) is 6.07 Å². The van der Waals surface area contributed by atoms with E-state index in [1.54, 1.807) is 19.1 Å². The molecule has 0 bridgehead atoms. The van der Waals surface area contributed by atoms with E-state index in [9.17, 15) is 22.8 Å². The van der Waals surface area contributed by atoms with Crippen LogP contribution >= 0.6 is 0 Å². The summed E-state index contributed by atoms with van der Waals surface area (Å²) < 4.78 is 41.9. The van der Waals surface area contributed by atoms with E-state index in [4.69, 9.17) is 9.84 Å². The number of carboxylic acid groups (broad SMARTS) is 1. The van der Waals surface area contributed by atoms with E-state index in [2.05, 4.69) is 5.32 Å². The van der Waals surface area contributed by atoms with Crippen molar-refractivity contribution in [2.24, 2.45) is 11.8 Å². The molecule has 1 saturated carbocycles. The normalized spacial score (nSPS) is 20.3. The summed E-state index contributed by atoms with van der Waals surface area (Å²) >= 11 is 0. The number of aliphatic carboxylic acids is 1. The Bertz CT molecular complexity index is 645. The first-order valence-corrected chi connectivity index (χ1v) is 7.95. The van der Waals surface area contributed by atoms with Gasteiger partial charge in [0.1, 0.15) is 5.75 Å². The Morgan fingerprint density at radius 3 is 2.56 bits per heavy atom. The molecule has 1 aromatic carbocycles. The second-order valence-corrected chi connectivity index (χ2v) is 6.28. The number of carboxylic acids is 1. The number of aryl methyl sites for hydroxylation is 1. The Kier molecular flexibility index (Phi) is 5.92. The van der Waals surface area contributed by atoms with Crippen LogP contribution in [0.4, 0.5) is 13.2 Å². The highest BCUT2D eigenvalue weighted by Gasteiger charge is 2.33. The van der Waals surface area contributed by atoms with Gasteiger partial charge < -0.3 is 15.2 Å². The summed E-state index contributed by atoms with van der Waals surface area (Å²) in [6, 6.07) is 4.82. The quantitative estimate of drug-likeness (QED) is 0.819. The number of ether oxygens (including phenoxy) is 1. The molecule has 0 heterocycles. The van der Waals surface area contributed by atoms with E-state index >= 15 is 0 Å². The number of hydrogen-bond acceptors (Lipinski definition) is 3. The zero-order valence-corrected chi connectivity index (χ0v) is 13.7. The first-order valence-electron chi connectivity index (χ1n) is 7.95. The number of halogens is 3. The highest BCUT2D eigenvalue weighted by molar-refractivity contribution is 5.80. The van der Waals surface area contributed by atoms with Gasteiger partial charge in [-0.1, -0.05) is 12.1 Å². The number of rotatable bonds is 6. The number of nitrogens with one attached hydrogen (secondary N) is 1. The first kappa shape index (κ1) is 19.1. The Balaban J connectivity index is 1.96. The summed E-state index contributed by atoms with van der Waals surface area (Å²) in [7, 11) is 0. The summed E-state index contributed by atoms with van der Waals surface area (Å²) in [6.45, 7) is 0.355. The van der Waals surface area contributed by atoms with Crippen molar-refractivity contribution in [3.63, 3.8) is 0 Å². The monoisotopic (exact) mass is 359 g/mol. The fraction of sp³-hybridized carbons (Fsp3) is 0.529. The standard InChI is InChI=1S/C17H20F3NO4/c1-10-2-3-13(14(6-10)25-9-17(18,19)20)8-21-15(22)11-4-5-12(7-11)16(23)24/h2-3,6,11-12H,4-5,7-9H2,1H3,(H,21,22)(H,23,24)/t11-,12+/m1/s1. The molecular weight excluding hydrogens is 339 g/mol. The molecule has 1 amide bonds. The van der Waals surface area contributed by atoms with Crippen molar-refractivity contribution in [1.29, 1.82) is 0 Å². The molecule has 0 unspecified atom stereocenters. The molecule has 1 aliphatic carbocycles. The molecule has 2 rings (SSSR count). The van der Waals surface area contributed by atoms with Gasteiger partial charge in [-0.05, 0) is 37.8 Å². The Labute approximate surface area is 143 Å². The SMILES string of the molecule is Cc1ccc(CNC(=O)[C@@H]2CC[C@H](C(=O)O)C2)c(OCC(F)(F)F)c1. The van der Waals surface area contributed by atoms with Crippen LogP contribution in [0.25, 0.3) is 0 Å². The van der Waals surface area contributed by atoms with Crippen molar-refractivity contribution in [2.45, 2.75) is 38.9 Å². The molecule has 2 atom stereocenters. The van der Waals surface area contributed by atoms with E-state index < -0.39 is 24.7 Å². The van der Waals surface area contributed by atoms with Crippen LogP contribution in [0.15, 0.2) is 18.2 Å². The third-order valence-electron chi connectivity index (χ3n) is 4.22. The molecule has 0 radical (unpaired) electrons. The fourth-order valence-electron chi connectivity index (χ4n) is 2.87. The van der Waals surface area contributed by atoms with Crippen LogP contribution < -0.4 is 10.1 Å². The third kappa shape index (κ3) is 5.65. The van der Waals surface area contributed by atoms with Gasteiger partial charge in [-0.15, -0.1) is 0 Å². The molecule has 138 valence electrons. The van der Waals surface area contributed by atoms with Gasteiger partial charge in [-0.25, -0.2) is 0 Å². The van der Waals surface area contributed by atoms with Crippen LogP contribution in [-0.2, 0) is 16.1 Å². The zero-order valence-electron chi connectivity index (χ0n) is 13.7. The van der Waals surface area contributed by atoms with Gasteiger partial charge >= 0.3 is 12.1 Å². The van der Waals surface area contributed by atoms with Crippen molar-refractivity contribution >= 4 is 11.9 Å². The fourth-order valence-corrected chi connectivity index (χ4v) is 2.87. The molecule has 0 aliphatic heterocycles. The molecule has 2 N–H and O–H groups in total. The number of hydrogen-bond donors (Lipinski definition) is 2. The average Bonchev–Trinajstić information content (AvgIpc) is 3.01. The Hall–Kier alpha value is -2.25. The molecule has 0 spiro atoms. The maximum Gasteiger partial charge on any atom is 0.422 e. The van der Waals surface area contributed by atoms with Crippen molar-refractivity contribution in [2.75, 3.05) is 6.61 Å². The lowest BCUT2D eigenvalue weighted by Crippen LogP contribution is -2.29. The summed E-state index contributed by atoms with van der Waals surface area (Å²) in [5.41, 5.74) is 1.18. The topological polar surface area (TPSA) is 75.6 Å². The van der Waals surface area contributed by atoms with Crippen LogP contribution in [0.2, 0.25) is 0 Å². The molecule has 1 aliphatic rings. The van der Waals surface area contributed by atoms with Crippen LogP contribution in [-0.4, -0.2) is 29.8 Å². The lowest BCUT2D eigenvalue weighted by atomic mass is 10.0. The summed E-state index contributed by atoms with van der Waals surface area (Å²) in [4.78, 5) is 23.1. The van der Waals surface area contributed by atoms with Crippen molar-refractivity contribution in [3.05, 3.63) is 29.3 Å². The lowest BCUT2D eigenvalue weighted by Gasteiger charge is -2.16. The summed E-state index contributed by atoms with van der Waals surface area (Å²) in [6.07, 6.45) is -3.21. The largest absolute Gasteiger partial charge is 0.484 e. The number of carbonyl (C=O) groups excluding carboxylic acids is 1. The second-order valence-electron chi connectivity index (χ2n) is 6.28. The highest BCUT2D eigenvalue weighted by atomic mass is 19.4. The van der Waals surface area contributed by atoms with Crippen molar-refractivity contribution < 1.29 is 32.6 Å². The maximum absolute atomic E-state index is 12.4. The minimum Gasteiger partial charge on any atom is -0.484 e. The van der Waals surface area contributed by atoms with Gasteiger partial charge in [0.2, 0.25) is 5.91 Å². The second kappa shape index (κ2) is 7.76. The molecule has 0 aromatic heterocycles. The number of carbonyl (C=O) groups is 2. The van der Waals surface area contributed by atoms with Gasteiger partial charge in [0.15, 0.2) is 6.61 Å². The van der Waals surface area contributed by atoms with Gasteiger partial charge in [-0.2, -0.15) is 13.2 Å². The van der Waals surface area contributed by atoms with E-state index in [0.717, 1.165) is 5.56 Å². The molecule has 0 saturated heterocycles. The van der Waals surface area contributed by atoms with E-state index in [1.807, 2.05) is 0 Å². The Morgan fingerprint density at radius 1 is 1.28 bits per heavy atom. The van der Waals surface area contributed by atoms with Gasteiger partial charge in [0, 0.05) is 18.0 Å². The number of alkyl halides is 3. The predicted molar refractivity (Wildman–Crippen MR) is 83.0 cm³/mol. The molecule has 1 aromatic rings. The molecular formula is C17H20F3NO4. The molecule has 25 heavy (non-hydrogen) atoms. The van der Waals surface area contributed by atoms with Crippen molar-refractivity contribution in [1.82, 2.24) is 5.32 Å². The molecule has 8 heteroatoms. The maximum atomic E-state index is 12.4. The first-order chi connectivity index (χ1) is 11.7.